The van der Waals surface area contributed by atoms with E-state index in [1.54, 1.807) is 24.8 Å². The number of carbonyl (C=O) groups excluding carboxylic acids is 1. The normalized spacial score (nSPS) is 10.3. The summed E-state index contributed by atoms with van der Waals surface area (Å²) in [6.07, 6.45) is 0.895. The second-order valence-electron chi connectivity index (χ2n) is 5.21. The van der Waals surface area contributed by atoms with E-state index in [0.29, 0.717) is 18.7 Å². The van der Waals surface area contributed by atoms with Crippen LogP contribution < -0.4 is 10.6 Å². The summed E-state index contributed by atoms with van der Waals surface area (Å²) in [4.78, 5) is 12.9. The van der Waals surface area contributed by atoms with Crippen molar-refractivity contribution < 1.29 is 9.18 Å². The predicted molar refractivity (Wildman–Crippen MR) is 93.2 cm³/mol. The number of aryl methyl sites for hydroxylation is 1. The van der Waals surface area contributed by atoms with Gasteiger partial charge in [0.05, 0.1) is 0 Å². The molecule has 0 unspecified atom stereocenters. The molecule has 23 heavy (non-hydrogen) atoms. The van der Waals surface area contributed by atoms with E-state index in [4.69, 9.17) is 0 Å². The van der Waals surface area contributed by atoms with Crippen molar-refractivity contribution in [3.05, 3.63) is 65.5 Å². The summed E-state index contributed by atoms with van der Waals surface area (Å²) in [5.74, 6) is 0.704. The molecule has 0 aliphatic carbocycles. The highest BCUT2D eigenvalue weighted by molar-refractivity contribution is 7.99. The van der Waals surface area contributed by atoms with Crippen LogP contribution in [0.5, 0.6) is 0 Å². The molecule has 0 bridgehead atoms. The first kappa shape index (κ1) is 17.3. The minimum Gasteiger partial charge on any atom is -0.338 e. The molecule has 0 saturated heterocycles. The van der Waals surface area contributed by atoms with Gasteiger partial charge in [-0.25, -0.2) is 9.18 Å². The van der Waals surface area contributed by atoms with E-state index in [1.807, 2.05) is 24.3 Å². The van der Waals surface area contributed by atoms with Crippen molar-refractivity contribution in [1.29, 1.82) is 0 Å². The summed E-state index contributed by atoms with van der Waals surface area (Å²) >= 11 is 1.77. The van der Waals surface area contributed by atoms with Gasteiger partial charge < -0.3 is 10.6 Å². The Kier molecular flexibility index (Phi) is 6.94. The second kappa shape index (κ2) is 9.20. The number of thioether (sulfide) groups is 1. The average molecular weight is 332 g/mol. The molecule has 0 radical (unpaired) electrons. The van der Waals surface area contributed by atoms with Gasteiger partial charge in [-0.1, -0.05) is 30.3 Å². The van der Waals surface area contributed by atoms with Gasteiger partial charge in [0.1, 0.15) is 5.82 Å². The van der Waals surface area contributed by atoms with Gasteiger partial charge in [-0.3, -0.25) is 0 Å². The zero-order valence-electron chi connectivity index (χ0n) is 13.1. The molecule has 5 heteroatoms. The lowest BCUT2D eigenvalue weighted by Crippen LogP contribution is -2.35. The number of hydrogen-bond acceptors (Lipinski definition) is 2. The van der Waals surface area contributed by atoms with Gasteiger partial charge >= 0.3 is 6.03 Å². The lowest BCUT2D eigenvalue weighted by atomic mass is 10.1. The molecule has 0 atom stereocenters. The molecule has 0 saturated carbocycles. The average Bonchev–Trinajstić information content (AvgIpc) is 2.56. The number of rotatable bonds is 7. The molecule has 0 spiro atoms. The number of amides is 2. The Balaban J connectivity index is 1.59. The first-order valence-corrected chi connectivity index (χ1v) is 8.58. The van der Waals surface area contributed by atoms with Gasteiger partial charge in [0, 0.05) is 18.0 Å². The molecule has 0 fully saturated rings. The molecule has 2 N–H and O–H groups in total. The van der Waals surface area contributed by atoms with E-state index in [9.17, 15) is 9.18 Å². The second-order valence-corrected chi connectivity index (χ2v) is 6.38. The highest BCUT2D eigenvalue weighted by atomic mass is 32.2. The Labute approximate surface area is 140 Å². The van der Waals surface area contributed by atoms with E-state index in [0.717, 1.165) is 17.7 Å². The highest BCUT2D eigenvalue weighted by Crippen LogP contribution is 2.17. The summed E-state index contributed by atoms with van der Waals surface area (Å²) in [7, 11) is 0. The maximum atomic E-state index is 13.4. The van der Waals surface area contributed by atoms with Crippen LogP contribution in [-0.2, 0) is 6.54 Å². The maximum Gasteiger partial charge on any atom is 0.315 e. The van der Waals surface area contributed by atoms with E-state index >= 15 is 0 Å². The SMILES string of the molecule is Cc1ccc(CNC(=O)NCCCSc2ccccc2)cc1F. The maximum absolute atomic E-state index is 13.4. The van der Waals surface area contributed by atoms with Gasteiger partial charge in [0.15, 0.2) is 0 Å². The van der Waals surface area contributed by atoms with Crippen LogP contribution >= 0.6 is 11.8 Å². The van der Waals surface area contributed by atoms with Crippen LogP contribution in [0.15, 0.2) is 53.4 Å². The Morgan fingerprint density at radius 3 is 2.65 bits per heavy atom. The van der Waals surface area contributed by atoms with Crippen molar-refractivity contribution in [2.75, 3.05) is 12.3 Å². The van der Waals surface area contributed by atoms with E-state index < -0.39 is 0 Å². The van der Waals surface area contributed by atoms with Crippen molar-refractivity contribution in [3.8, 4) is 0 Å². The van der Waals surface area contributed by atoms with Crippen LogP contribution in [0.4, 0.5) is 9.18 Å². The fourth-order valence-corrected chi connectivity index (χ4v) is 2.85. The van der Waals surface area contributed by atoms with Crippen LogP contribution in [0.25, 0.3) is 0 Å². The van der Waals surface area contributed by atoms with Crippen LogP contribution in [0.3, 0.4) is 0 Å². The molecule has 0 aromatic heterocycles. The van der Waals surface area contributed by atoms with Crippen LogP contribution in [-0.4, -0.2) is 18.3 Å². The minimum absolute atomic E-state index is 0.226. The first-order chi connectivity index (χ1) is 11.1. The van der Waals surface area contributed by atoms with Gasteiger partial charge in [-0.05, 0) is 48.4 Å². The van der Waals surface area contributed by atoms with E-state index in [-0.39, 0.29) is 11.8 Å². The zero-order chi connectivity index (χ0) is 16.5. The molecule has 3 nitrogen and oxygen atoms in total. The summed E-state index contributed by atoms with van der Waals surface area (Å²) < 4.78 is 13.4. The number of urea groups is 1. The molecular weight excluding hydrogens is 311 g/mol. The molecule has 2 rings (SSSR count). The van der Waals surface area contributed by atoms with E-state index in [2.05, 4.69) is 22.8 Å². The summed E-state index contributed by atoms with van der Waals surface area (Å²) in [5, 5.41) is 5.54. The van der Waals surface area contributed by atoms with Crippen LogP contribution in [0.2, 0.25) is 0 Å². The van der Waals surface area contributed by atoms with Crippen molar-refractivity contribution in [1.82, 2.24) is 10.6 Å². The number of hydrogen-bond donors (Lipinski definition) is 2. The molecule has 0 aliphatic heterocycles. The third-order valence-electron chi connectivity index (χ3n) is 3.31. The minimum atomic E-state index is -0.248. The van der Waals surface area contributed by atoms with E-state index in [1.165, 1.54) is 11.0 Å². The Hall–Kier alpha value is -2.01. The standard InChI is InChI=1S/C18H21FN2OS/c1-14-8-9-15(12-17(14)19)13-21-18(22)20-10-5-11-23-16-6-3-2-4-7-16/h2-4,6-9,12H,5,10-11,13H2,1H3,(H2,20,21,22). The van der Waals surface area contributed by atoms with Crippen LogP contribution in [0.1, 0.15) is 17.5 Å². The molecule has 2 aromatic carbocycles. The molecule has 0 aliphatic rings. The fraction of sp³-hybridized carbons (Fsp3) is 0.278. The molecule has 0 heterocycles. The Bertz CT molecular complexity index is 634. The third-order valence-corrected chi connectivity index (χ3v) is 4.41. The summed E-state index contributed by atoms with van der Waals surface area (Å²) in [6, 6.07) is 14.9. The fourth-order valence-electron chi connectivity index (χ4n) is 1.97. The predicted octanol–water partition coefficient (Wildman–Crippen LogP) is 4.12. The quantitative estimate of drug-likeness (QED) is 0.592. The molecule has 2 amide bonds. The third kappa shape index (κ3) is 6.32. The van der Waals surface area contributed by atoms with Crippen LogP contribution in [0, 0.1) is 12.7 Å². The van der Waals surface area contributed by atoms with Gasteiger partial charge in [-0.2, -0.15) is 0 Å². The van der Waals surface area contributed by atoms with Gasteiger partial charge in [0.2, 0.25) is 0 Å². The molecular formula is C18H21FN2OS. The summed E-state index contributed by atoms with van der Waals surface area (Å²) in [6.45, 7) is 2.66. The van der Waals surface area contributed by atoms with Gasteiger partial charge in [0.25, 0.3) is 0 Å². The van der Waals surface area contributed by atoms with Crippen molar-refractivity contribution in [3.63, 3.8) is 0 Å². The highest BCUT2D eigenvalue weighted by Gasteiger charge is 2.02. The van der Waals surface area contributed by atoms with Crippen molar-refractivity contribution >= 4 is 17.8 Å². The summed E-state index contributed by atoms with van der Waals surface area (Å²) in [5.41, 5.74) is 1.36. The largest absolute Gasteiger partial charge is 0.338 e. The lowest BCUT2D eigenvalue weighted by molar-refractivity contribution is 0.240. The van der Waals surface area contributed by atoms with Crippen molar-refractivity contribution in [2.24, 2.45) is 0 Å². The monoisotopic (exact) mass is 332 g/mol. The lowest BCUT2D eigenvalue weighted by Gasteiger charge is -2.08. The Morgan fingerprint density at radius 1 is 1.13 bits per heavy atom. The molecule has 2 aromatic rings. The number of carbonyl (C=O) groups is 1. The number of benzene rings is 2. The number of nitrogens with one attached hydrogen (secondary N) is 2. The zero-order valence-corrected chi connectivity index (χ0v) is 14.0. The van der Waals surface area contributed by atoms with Gasteiger partial charge in [-0.15, -0.1) is 11.8 Å². The van der Waals surface area contributed by atoms with Crippen molar-refractivity contribution in [2.45, 2.75) is 24.8 Å². The Morgan fingerprint density at radius 2 is 1.91 bits per heavy atom. The molecule has 122 valence electrons. The smallest absolute Gasteiger partial charge is 0.315 e. The first-order valence-electron chi connectivity index (χ1n) is 7.60. The number of halogens is 1. The topological polar surface area (TPSA) is 41.1 Å².